The van der Waals surface area contributed by atoms with E-state index in [-0.39, 0.29) is 5.84 Å². The summed E-state index contributed by atoms with van der Waals surface area (Å²) in [6, 6.07) is 5.49. The molecule has 0 spiro atoms. The highest BCUT2D eigenvalue weighted by Crippen LogP contribution is 2.20. The quantitative estimate of drug-likeness (QED) is 0.388. The van der Waals surface area contributed by atoms with E-state index in [2.05, 4.69) is 26.2 Å². The first kappa shape index (κ1) is 13.4. The second-order valence-electron chi connectivity index (χ2n) is 3.88. The lowest BCUT2D eigenvalue weighted by atomic mass is 10.1. The molecule has 0 aliphatic heterocycles. The zero-order chi connectivity index (χ0) is 13.8. The van der Waals surface area contributed by atoms with Gasteiger partial charge in [0.25, 0.3) is 0 Å². The number of nitrogens with zero attached hydrogens (tertiary/aromatic N) is 3. The van der Waals surface area contributed by atoms with Gasteiger partial charge in [-0.1, -0.05) is 11.2 Å². The molecule has 0 fully saturated rings. The van der Waals surface area contributed by atoms with Gasteiger partial charge in [0.05, 0.1) is 29.9 Å². The highest BCUT2D eigenvalue weighted by atomic mass is 79.9. The highest BCUT2D eigenvalue weighted by Gasteiger charge is 2.09. The molecule has 0 radical (unpaired) electrons. The fourth-order valence-corrected chi connectivity index (χ4v) is 2.05. The summed E-state index contributed by atoms with van der Waals surface area (Å²) in [6.07, 6.45) is 3.58. The zero-order valence-corrected chi connectivity index (χ0v) is 11.8. The van der Waals surface area contributed by atoms with Crippen molar-refractivity contribution in [2.45, 2.75) is 6.54 Å². The molecule has 0 saturated carbocycles. The van der Waals surface area contributed by atoms with E-state index in [1.165, 1.54) is 7.11 Å². The number of rotatable bonds is 4. The lowest BCUT2D eigenvalue weighted by Crippen LogP contribution is -2.15. The molecule has 2 aromatic rings. The van der Waals surface area contributed by atoms with E-state index in [1.807, 2.05) is 18.3 Å². The number of hydrogen-bond donors (Lipinski definition) is 2. The molecule has 0 aliphatic carbocycles. The predicted octanol–water partition coefficient (Wildman–Crippen LogP) is 1.80. The van der Waals surface area contributed by atoms with Crippen molar-refractivity contribution in [3.63, 3.8) is 0 Å². The molecule has 19 heavy (non-hydrogen) atoms. The van der Waals surface area contributed by atoms with Gasteiger partial charge in [-0.3, -0.25) is 4.68 Å². The second kappa shape index (κ2) is 5.75. The molecule has 0 aliphatic rings. The minimum Gasteiger partial charge on any atom is -0.496 e. The molecule has 3 N–H and O–H groups in total. The Bertz CT molecular complexity index is 610. The molecule has 0 bridgehead atoms. The third kappa shape index (κ3) is 3.05. The normalized spacial score (nSPS) is 11.6. The number of oxime groups is 1. The van der Waals surface area contributed by atoms with Gasteiger partial charge in [0.15, 0.2) is 5.84 Å². The average Bonchev–Trinajstić information content (AvgIpc) is 2.83. The Morgan fingerprint density at radius 1 is 1.58 bits per heavy atom. The first-order chi connectivity index (χ1) is 9.13. The summed E-state index contributed by atoms with van der Waals surface area (Å²) in [6.45, 7) is 0.585. The van der Waals surface area contributed by atoms with E-state index in [9.17, 15) is 0 Å². The number of ether oxygens (including phenoxy) is 1. The van der Waals surface area contributed by atoms with Crippen molar-refractivity contribution in [1.29, 1.82) is 0 Å². The number of aromatic nitrogens is 2. The summed E-state index contributed by atoms with van der Waals surface area (Å²) in [5, 5.41) is 16.0. The van der Waals surface area contributed by atoms with Gasteiger partial charge >= 0.3 is 0 Å². The largest absolute Gasteiger partial charge is 0.496 e. The molecule has 0 saturated heterocycles. The van der Waals surface area contributed by atoms with Crippen molar-refractivity contribution < 1.29 is 9.94 Å². The van der Waals surface area contributed by atoms with Crippen LogP contribution in [0.3, 0.4) is 0 Å². The van der Waals surface area contributed by atoms with Crippen molar-refractivity contribution >= 4 is 21.8 Å². The van der Waals surface area contributed by atoms with E-state index in [1.54, 1.807) is 16.9 Å². The summed E-state index contributed by atoms with van der Waals surface area (Å²) in [5.74, 6) is 0.570. The molecule has 7 heteroatoms. The van der Waals surface area contributed by atoms with Crippen molar-refractivity contribution in [3.8, 4) is 5.75 Å². The number of nitrogens with two attached hydrogens (primary N) is 1. The standard InChI is InChI=1S/C12H13BrN4O2/c1-19-11-3-2-8(4-10(11)12(14)16-18)6-17-7-9(13)5-15-17/h2-5,7,18H,6H2,1H3,(H2,14,16). The minimum absolute atomic E-state index is 0.0142. The van der Waals surface area contributed by atoms with Crippen LogP contribution in [0, 0.1) is 0 Å². The first-order valence-corrected chi connectivity index (χ1v) is 6.26. The second-order valence-corrected chi connectivity index (χ2v) is 4.79. The minimum atomic E-state index is 0.0142. The van der Waals surface area contributed by atoms with Gasteiger partial charge in [0.1, 0.15) is 5.75 Å². The van der Waals surface area contributed by atoms with Crippen LogP contribution >= 0.6 is 15.9 Å². The van der Waals surface area contributed by atoms with Crippen LogP contribution in [0.5, 0.6) is 5.75 Å². The summed E-state index contributed by atoms with van der Waals surface area (Å²) in [4.78, 5) is 0. The van der Waals surface area contributed by atoms with Crippen LogP contribution in [0.2, 0.25) is 0 Å². The summed E-state index contributed by atoms with van der Waals surface area (Å²) in [7, 11) is 1.54. The maximum Gasteiger partial charge on any atom is 0.173 e. The Hall–Kier alpha value is -2.02. The van der Waals surface area contributed by atoms with E-state index in [4.69, 9.17) is 15.7 Å². The number of hydrogen-bond acceptors (Lipinski definition) is 4. The highest BCUT2D eigenvalue weighted by molar-refractivity contribution is 9.10. The summed E-state index contributed by atoms with van der Waals surface area (Å²) >= 11 is 3.34. The van der Waals surface area contributed by atoms with E-state index in [0.29, 0.717) is 17.9 Å². The molecule has 1 aromatic heterocycles. The molecule has 6 nitrogen and oxygen atoms in total. The predicted molar refractivity (Wildman–Crippen MR) is 74.5 cm³/mol. The molecule has 100 valence electrons. The molecular formula is C12H13BrN4O2. The molecule has 0 unspecified atom stereocenters. The number of amidine groups is 1. The molecular weight excluding hydrogens is 312 g/mol. The SMILES string of the molecule is COc1ccc(Cn2cc(Br)cn2)cc1C(N)=NO. The van der Waals surface area contributed by atoms with Crippen molar-refractivity contribution in [2.24, 2.45) is 10.9 Å². The van der Waals surface area contributed by atoms with Crippen molar-refractivity contribution in [3.05, 3.63) is 46.2 Å². The lowest BCUT2D eigenvalue weighted by Gasteiger charge is -2.09. The first-order valence-electron chi connectivity index (χ1n) is 5.47. The smallest absolute Gasteiger partial charge is 0.173 e. The van der Waals surface area contributed by atoms with Crippen LogP contribution in [-0.2, 0) is 6.54 Å². The molecule has 1 aromatic carbocycles. The van der Waals surface area contributed by atoms with Crippen LogP contribution in [0.25, 0.3) is 0 Å². The van der Waals surface area contributed by atoms with Gasteiger partial charge in [-0.25, -0.2) is 0 Å². The fourth-order valence-electron chi connectivity index (χ4n) is 1.72. The van der Waals surface area contributed by atoms with Gasteiger partial charge < -0.3 is 15.7 Å². The molecule has 1 heterocycles. The van der Waals surface area contributed by atoms with E-state index < -0.39 is 0 Å². The van der Waals surface area contributed by atoms with Crippen molar-refractivity contribution in [2.75, 3.05) is 7.11 Å². The lowest BCUT2D eigenvalue weighted by molar-refractivity contribution is 0.318. The Kier molecular flexibility index (Phi) is 4.06. The van der Waals surface area contributed by atoms with Gasteiger partial charge in [-0.15, -0.1) is 0 Å². The van der Waals surface area contributed by atoms with Gasteiger partial charge in [-0.2, -0.15) is 5.10 Å². The van der Waals surface area contributed by atoms with Gasteiger partial charge in [-0.05, 0) is 33.6 Å². The Morgan fingerprint density at radius 2 is 2.37 bits per heavy atom. The maximum atomic E-state index is 8.78. The Balaban J connectivity index is 2.32. The van der Waals surface area contributed by atoms with Crippen LogP contribution < -0.4 is 10.5 Å². The van der Waals surface area contributed by atoms with Crippen LogP contribution in [0.15, 0.2) is 40.2 Å². The van der Waals surface area contributed by atoms with Crippen molar-refractivity contribution in [1.82, 2.24) is 9.78 Å². The van der Waals surface area contributed by atoms with Gasteiger partial charge in [0.2, 0.25) is 0 Å². The third-order valence-corrected chi connectivity index (χ3v) is 3.00. The monoisotopic (exact) mass is 324 g/mol. The van der Waals surface area contributed by atoms with Gasteiger partial charge in [0, 0.05) is 6.20 Å². The van der Waals surface area contributed by atoms with E-state index in [0.717, 1.165) is 10.0 Å². The third-order valence-electron chi connectivity index (χ3n) is 2.59. The fraction of sp³-hybridized carbons (Fsp3) is 0.167. The van der Waals surface area contributed by atoms with E-state index >= 15 is 0 Å². The topological polar surface area (TPSA) is 85.7 Å². The Labute approximate surface area is 118 Å². The summed E-state index contributed by atoms with van der Waals surface area (Å²) in [5.41, 5.74) is 7.15. The van der Waals surface area contributed by atoms with Crippen LogP contribution in [0.1, 0.15) is 11.1 Å². The average molecular weight is 325 g/mol. The number of methoxy groups -OCH3 is 1. The summed E-state index contributed by atoms with van der Waals surface area (Å²) < 4.78 is 7.87. The molecule has 0 atom stereocenters. The maximum absolute atomic E-state index is 8.78. The Morgan fingerprint density at radius 3 is 2.95 bits per heavy atom. The van der Waals surface area contributed by atoms with Crippen LogP contribution in [0.4, 0.5) is 0 Å². The molecule has 0 amide bonds. The number of halogens is 1. The van der Waals surface area contributed by atoms with Crippen LogP contribution in [-0.4, -0.2) is 27.9 Å². The molecule has 2 rings (SSSR count). The zero-order valence-electron chi connectivity index (χ0n) is 10.2. The number of benzene rings is 1.